The summed E-state index contributed by atoms with van der Waals surface area (Å²) >= 11 is 0. The van der Waals surface area contributed by atoms with Crippen molar-refractivity contribution >= 4 is 5.78 Å². The van der Waals surface area contributed by atoms with Crippen LogP contribution in [0.25, 0.3) is 0 Å². The van der Waals surface area contributed by atoms with Gasteiger partial charge in [0.1, 0.15) is 17.2 Å². The SMILES string of the molecule is CCCCOc1ccc(C(=O)c2ccc(OCCC)cc2O)cc1. The Morgan fingerprint density at radius 1 is 0.917 bits per heavy atom. The second-order valence-corrected chi connectivity index (χ2v) is 5.58. The number of hydrogen-bond donors (Lipinski definition) is 1. The van der Waals surface area contributed by atoms with Crippen LogP contribution < -0.4 is 9.47 Å². The zero-order valence-corrected chi connectivity index (χ0v) is 14.2. The van der Waals surface area contributed by atoms with Crippen molar-refractivity contribution in [3.63, 3.8) is 0 Å². The molecule has 0 aliphatic heterocycles. The molecule has 0 saturated heterocycles. The maximum absolute atomic E-state index is 12.5. The minimum Gasteiger partial charge on any atom is -0.507 e. The highest BCUT2D eigenvalue weighted by molar-refractivity contribution is 6.10. The van der Waals surface area contributed by atoms with Crippen LogP contribution in [0.5, 0.6) is 17.2 Å². The second-order valence-electron chi connectivity index (χ2n) is 5.58. The first kappa shape index (κ1) is 17.9. The maximum Gasteiger partial charge on any atom is 0.196 e. The number of ketones is 1. The molecule has 0 fully saturated rings. The first-order valence-electron chi connectivity index (χ1n) is 8.39. The van der Waals surface area contributed by atoms with Crippen LogP contribution in [0.4, 0.5) is 0 Å². The fraction of sp³-hybridized carbons (Fsp3) is 0.350. The highest BCUT2D eigenvalue weighted by Crippen LogP contribution is 2.26. The van der Waals surface area contributed by atoms with Crippen LogP contribution in [0, 0.1) is 0 Å². The number of aromatic hydroxyl groups is 1. The van der Waals surface area contributed by atoms with Crippen molar-refractivity contribution in [2.75, 3.05) is 13.2 Å². The van der Waals surface area contributed by atoms with E-state index in [2.05, 4.69) is 6.92 Å². The van der Waals surface area contributed by atoms with E-state index in [0.717, 1.165) is 25.0 Å². The molecule has 0 atom stereocenters. The van der Waals surface area contributed by atoms with Crippen LogP contribution in [0.2, 0.25) is 0 Å². The van der Waals surface area contributed by atoms with Gasteiger partial charge < -0.3 is 14.6 Å². The largest absolute Gasteiger partial charge is 0.507 e. The molecule has 2 rings (SSSR count). The van der Waals surface area contributed by atoms with E-state index in [-0.39, 0.29) is 17.1 Å². The number of phenols is 1. The standard InChI is InChI=1S/C20H24O4/c1-3-5-13-24-16-8-6-15(7-9-16)20(22)18-11-10-17(14-19(18)21)23-12-4-2/h6-11,14,21H,3-5,12-13H2,1-2H3. The van der Waals surface area contributed by atoms with Crippen molar-refractivity contribution in [2.45, 2.75) is 33.1 Å². The van der Waals surface area contributed by atoms with E-state index in [1.807, 2.05) is 6.92 Å². The molecule has 0 radical (unpaired) electrons. The number of phenolic OH excluding ortho intramolecular Hbond substituents is 1. The third kappa shape index (κ3) is 4.75. The highest BCUT2D eigenvalue weighted by Gasteiger charge is 2.14. The van der Waals surface area contributed by atoms with Gasteiger partial charge in [-0.3, -0.25) is 4.79 Å². The van der Waals surface area contributed by atoms with Crippen molar-refractivity contribution in [1.29, 1.82) is 0 Å². The maximum atomic E-state index is 12.5. The molecule has 2 aromatic carbocycles. The van der Waals surface area contributed by atoms with Gasteiger partial charge in [-0.2, -0.15) is 0 Å². The van der Waals surface area contributed by atoms with Gasteiger partial charge >= 0.3 is 0 Å². The normalized spacial score (nSPS) is 10.4. The van der Waals surface area contributed by atoms with Crippen LogP contribution in [0.15, 0.2) is 42.5 Å². The molecule has 4 heteroatoms. The van der Waals surface area contributed by atoms with Gasteiger partial charge in [0.2, 0.25) is 0 Å². The van der Waals surface area contributed by atoms with Crippen molar-refractivity contribution in [2.24, 2.45) is 0 Å². The summed E-state index contributed by atoms with van der Waals surface area (Å²) < 4.78 is 11.0. The van der Waals surface area contributed by atoms with E-state index in [1.54, 1.807) is 36.4 Å². The van der Waals surface area contributed by atoms with E-state index in [1.165, 1.54) is 6.07 Å². The lowest BCUT2D eigenvalue weighted by Crippen LogP contribution is -2.03. The van der Waals surface area contributed by atoms with Gasteiger partial charge in [0.15, 0.2) is 5.78 Å². The number of benzene rings is 2. The summed E-state index contributed by atoms with van der Waals surface area (Å²) in [5, 5.41) is 10.1. The van der Waals surface area contributed by atoms with Crippen LogP contribution in [0.1, 0.15) is 49.0 Å². The molecule has 0 unspecified atom stereocenters. The molecule has 0 aliphatic rings. The number of carbonyl (C=O) groups is 1. The summed E-state index contributed by atoms with van der Waals surface area (Å²) in [5.74, 6) is 1.00. The predicted molar refractivity (Wildman–Crippen MR) is 94.2 cm³/mol. The van der Waals surface area contributed by atoms with Crippen molar-refractivity contribution < 1.29 is 19.4 Å². The molecule has 0 heterocycles. The van der Waals surface area contributed by atoms with Gasteiger partial charge in [0.25, 0.3) is 0 Å². The Kier molecular flexibility index (Phi) is 6.67. The number of carbonyl (C=O) groups excluding carboxylic acids is 1. The quantitative estimate of drug-likeness (QED) is 0.540. The van der Waals surface area contributed by atoms with Crippen LogP contribution in [0.3, 0.4) is 0 Å². The van der Waals surface area contributed by atoms with Gasteiger partial charge in [-0.15, -0.1) is 0 Å². The Bertz CT molecular complexity index is 662. The molecular weight excluding hydrogens is 304 g/mol. The average molecular weight is 328 g/mol. The van der Waals surface area contributed by atoms with Gasteiger partial charge in [0, 0.05) is 11.6 Å². The zero-order chi connectivity index (χ0) is 17.4. The molecule has 0 aromatic heterocycles. The molecule has 4 nitrogen and oxygen atoms in total. The molecule has 128 valence electrons. The Labute approximate surface area is 143 Å². The predicted octanol–water partition coefficient (Wildman–Crippen LogP) is 4.59. The highest BCUT2D eigenvalue weighted by atomic mass is 16.5. The van der Waals surface area contributed by atoms with Crippen LogP contribution in [-0.4, -0.2) is 24.1 Å². The molecule has 0 amide bonds. The summed E-state index contributed by atoms with van der Waals surface area (Å²) in [6.07, 6.45) is 2.96. The topological polar surface area (TPSA) is 55.8 Å². The van der Waals surface area contributed by atoms with Crippen LogP contribution >= 0.6 is 0 Å². The van der Waals surface area contributed by atoms with Gasteiger partial charge in [-0.1, -0.05) is 20.3 Å². The lowest BCUT2D eigenvalue weighted by Gasteiger charge is -2.09. The Balaban J connectivity index is 2.08. The molecule has 0 aliphatic carbocycles. The van der Waals surface area contributed by atoms with E-state index in [9.17, 15) is 9.90 Å². The summed E-state index contributed by atoms with van der Waals surface area (Å²) in [7, 11) is 0. The Morgan fingerprint density at radius 2 is 1.58 bits per heavy atom. The third-order valence-electron chi connectivity index (χ3n) is 3.57. The lowest BCUT2D eigenvalue weighted by atomic mass is 10.0. The fourth-order valence-corrected chi connectivity index (χ4v) is 2.21. The molecule has 0 spiro atoms. The van der Waals surface area contributed by atoms with Crippen molar-refractivity contribution in [1.82, 2.24) is 0 Å². The second kappa shape index (κ2) is 8.96. The monoisotopic (exact) mass is 328 g/mol. The van der Waals surface area contributed by atoms with Gasteiger partial charge in [-0.25, -0.2) is 0 Å². The zero-order valence-electron chi connectivity index (χ0n) is 14.2. The molecular formula is C20H24O4. The van der Waals surface area contributed by atoms with Gasteiger partial charge in [-0.05, 0) is 49.2 Å². The molecule has 24 heavy (non-hydrogen) atoms. The minimum atomic E-state index is -0.227. The lowest BCUT2D eigenvalue weighted by molar-refractivity contribution is 0.103. The van der Waals surface area contributed by atoms with Gasteiger partial charge in [0.05, 0.1) is 18.8 Å². The first-order valence-corrected chi connectivity index (χ1v) is 8.39. The van der Waals surface area contributed by atoms with Crippen LogP contribution in [-0.2, 0) is 0 Å². The average Bonchev–Trinajstić information content (AvgIpc) is 2.60. The molecule has 0 bridgehead atoms. The van der Waals surface area contributed by atoms with E-state index in [4.69, 9.17) is 9.47 Å². The fourth-order valence-electron chi connectivity index (χ4n) is 2.21. The Morgan fingerprint density at radius 3 is 2.21 bits per heavy atom. The Hall–Kier alpha value is -2.49. The smallest absolute Gasteiger partial charge is 0.196 e. The van der Waals surface area contributed by atoms with E-state index >= 15 is 0 Å². The number of rotatable bonds is 9. The summed E-state index contributed by atoms with van der Waals surface area (Å²) in [4.78, 5) is 12.5. The first-order chi connectivity index (χ1) is 11.7. The van der Waals surface area contributed by atoms with Crippen molar-refractivity contribution in [3.05, 3.63) is 53.6 Å². The number of unbranched alkanes of at least 4 members (excludes halogenated alkanes) is 1. The summed E-state index contributed by atoms with van der Waals surface area (Å²) in [6, 6.07) is 11.7. The summed E-state index contributed by atoms with van der Waals surface area (Å²) in [6.45, 7) is 5.36. The minimum absolute atomic E-state index is 0.0723. The van der Waals surface area contributed by atoms with E-state index in [0.29, 0.717) is 24.5 Å². The third-order valence-corrected chi connectivity index (χ3v) is 3.57. The number of hydrogen-bond acceptors (Lipinski definition) is 4. The van der Waals surface area contributed by atoms with Crippen molar-refractivity contribution in [3.8, 4) is 17.2 Å². The molecule has 1 N–H and O–H groups in total. The summed E-state index contributed by atoms with van der Waals surface area (Å²) in [5.41, 5.74) is 0.772. The molecule has 2 aromatic rings. The van der Waals surface area contributed by atoms with E-state index < -0.39 is 0 Å². The number of ether oxygens (including phenoxy) is 2. The molecule has 0 saturated carbocycles.